The number of carbonyl (C=O) groups is 1. The second-order valence-electron chi connectivity index (χ2n) is 4.70. The summed E-state index contributed by atoms with van der Waals surface area (Å²) in [6.07, 6.45) is 1.17. The summed E-state index contributed by atoms with van der Waals surface area (Å²) in [5.41, 5.74) is 0.562. The summed E-state index contributed by atoms with van der Waals surface area (Å²) >= 11 is 6.05. The van der Waals surface area contributed by atoms with Gasteiger partial charge in [-0.1, -0.05) is 23.7 Å². The molecule has 124 valence electrons. The molecule has 0 aliphatic carbocycles. The zero-order valence-electron chi connectivity index (χ0n) is 12.9. The van der Waals surface area contributed by atoms with Crippen molar-refractivity contribution in [3.05, 3.63) is 70.5 Å². The Kier molecular flexibility index (Phi) is 6.09. The minimum Gasteiger partial charge on any atom is -0.506 e. The molecule has 0 atom stereocenters. The Hall–Kier alpha value is -2.66. The third-order valence-electron chi connectivity index (χ3n) is 3.05. The van der Waals surface area contributed by atoms with E-state index in [9.17, 15) is 14.3 Å². The quantitative estimate of drug-likeness (QED) is 0.368. The molecule has 0 saturated heterocycles. The molecule has 0 saturated carbocycles. The van der Waals surface area contributed by atoms with Crippen molar-refractivity contribution in [2.45, 2.75) is 6.92 Å². The van der Waals surface area contributed by atoms with Crippen molar-refractivity contribution >= 4 is 35.2 Å². The fraction of sp³-hybridized carbons (Fsp3) is 0.111. The smallest absolute Gasteiger partial charge is 0.343 e. The Morgan fingerprint density at radius 3 is 2.54 bits per heavy atom. The van der Waals surface area contributed by atoms with Crippen molar-refractivity contribution < 1.29 is 19.0 Å². The van der Waals surface area contributed by atoms with Crippen LogP contribution in [-0.2, 0) is 9.53 Å². The number of halogens is 2. The molecular weight excluding hydrogens is 333 g/mol. The van der Waals surface area contributed by atoms with Gasteiger partial charge in [0.2, 0.25) is 0 Å². The first-order valence-corrected chi connectivity index (χ1v) is 7.55. The highest BCUT2D eigenvalue weighted by atomic mass is 35.5. The highest BCUT2D eigenvalue weighted by Crippen LogP contribution is 2.24. The highest BCUT2D eigenvalue weighted by Gasteiger charge is 2.17. The number of hydrogen-bond donors (Lipinski definition) is 1. The van der Waals surface area contributed by atoms with Crippen LogP contribution >= 0.6 is 11.6 Å². The molecule has 0 spiro atoms. The van der Waals surface area contributed by atoms with E-state index in [4.69, 9.17) is 16.3 Å². The summed E-state index contributed by atoms with van der Waals surface area (Å²) in [4.78, 5) is 16.2. The minimum absolute atomic E-state index is 0.141. The molecule has 0 aliphatic heterocycles. The van der Waals surface area contributed by atoms with Crippen LogP contribution in [-0.4, -0.2) is 23.9 Å². The third kappa shape index (κ3) is 4.43. The molecule has 6 heteroatoms. The van der Waals surface area contributed by atoms with Crippen LogP contribution in [0.25, 0.3) is 5.76 Å². The maximum atomic E-state index is 12.9. The molecule has 0 aromatic heterocycles. The maximum Gasteiger partial charge on any atom is 0.343 e. The lowest BCUT2D eigenvalue weighted by Crippen LogP contribution is -2.11. The SMILES string of the molecule is CCOC(=O)C(C=Nc1ccc(F)cc1)=C(O)c1ccccc1Cl. The summed E-state index contributed by atoms with van der Waals surface area (Å²) in [5.74, 6) is -1.47. The van der Waals surface area contributed by atoms with E-state index in [2.05, 4.69) is 4.99 Å². The Morgan fingerprint density at radius 1 is 1.25 bits per heavy atom. The van der Waals surface area contributed by atoms with Gasteiger partial charge in [0.15, 0.2) is 0 Å². The van der Waals surface area contributed by atoms with Crippen LogP contribution in [0.1, 0.15) is 12.5 Å². The first-order valence-electron chi connectivity index (χ1n) is 7.17. The van der Waals surface area contributed by atoms with Gasteiger partial charge in [0.25, 0.3) is 0 Å². The van der Waals surface area contributed by atoms with Gasteiger partial charge in [-0.2, -0.15) is 0 Å². The van der Waals surface area contributed by atoms with Crippen molar-refractivity contribution in [1.29, 1.82) is 0 Å². The van der Waals surface area contributed by atoms with E-state index in [0.29, 0.717) is 5.69 Å². The van der Waals surface area contributed by atoms with Crippen LogP contribution in [0.5, 0.6) is 0 Å². The number of aliphatic hydroxyl groups is 1. The number of nitrogens with zero attached hydrogens (tertiary/aromatic N) is 1. The average molecular weight is 348 g/mol. The number of hydrogen-bond acceptors (Lipinski definition) is 4. The fourth-order valence-electron chi connectivity index (χ4n) is 1.88. The Balaban J connectivity index is 2.44. The molecule has 0 heterocycles. The molecule has 24 heavy (non-hydrogen) atoms. The maximum absolute atomic E-state index is 12.9. The highest BCUT2D eigenvalue weighted by molar-refractivity contribution is 6.32. The third-order valence-corrected chi connectivity index (χ3v) is 3.38. The zero-order chi connectivity index (χ0) is 17.5. The number of rotatable bonds is 5. The summed E-state index contributed by atoms with van der Waals surface area (Å²) < 4.78 is 17.9. The lowest BCUT2D eigenvalue weighted by atomic mass is 10.1. The Morgan fingerprint density at radius 2 is 1.92 bits per heavy atom. The second kappa shape index (κ2) is 8.26. The van der Waals surface area contributed by atoms with Crippen LogP contribution in [0.15, 0.2) is 59.1 Å². The fourth-order valence-corrected chi connectivity index (χ4v) is 2.11. The topological polar surface area (TPSA) is 58.9 Å². The van der Waals surface area contributed by atoms with E-state index in [0.717, 1.165) is 0 Å². The molecule has 0 bridgehead atoms. The van der Waals surface area contributed by atoms with Crippen LogP contribution in [0.3, 0.4) is 0 Å². The van der Waals surface area contributed by atoms with E-state index in [1.54, 1.807) is 31.2 Å². The molecule has 0 amide bonds. The Bertz CT molecular complexity index is 785. The van der Waals surface area contributed by atoms with Gasteiger partial charge in [-0.15, -0.1) is 0 Å². The lowest BCUT2D eigenvalue weighted by Gasteiger charge is -2.08. The second-order valence-corrected chi connectivity index (χ2v) is 5.10. The molecule has 0 fully saturated rings. The monoisotopic (exact) mass is 347 g/mol. The first kappa shape index (κ1) is 17.7. The van der Waals surface area contributed by atoms with Crippen LogP contribution in [0.4, 0.5) is 10.1 Å². The molecule has 1 N–H and O–H groups in total. The van der Waals surface area contributed by atoms with E-state index in [1.807, 2.05) is 0 Å². The van der Waals surface area contributed by atoms with Gasteiger partial charge in [0.1, 0.15) is 17.1 Å². The largest absolute Gasteiger partial charge is 0.506 e. The Labute approximate surface area is 143 Å². The molecule has 2 rings (SSSR count). The predicted molar refractivity (Wildman–Crippen MR) is 92.2 cm³/mol. The van der Waals surface area contributed by atoms with E-state index >= 15 is 0 Å². The molecular formula is C18H15ClFNO3. The van der Waals surface area contributed by atoms with Gasteiger partial charge in [-0.25, -0.2) is 9.18 Å². The van der Waals surface area contributed by atoms with Gasteiger partial charge in [0.05, 0.1) is 17.3 Å². The molecule has 2 aromatic rings. The van der Waals surface area contributed by atoms with Crippen molar-refractivity contribution in [3.8, 4) is 0 Å². The average Bonchev–Trinajstić information content (AvgIpc) is 2.57. The molecule has 0 unspecified atom stereocenters. The predicted octanol–water partition coefficient (Wildman–Crippen LogP) is 4.71. The van der Waals surface area contributed by atoms with E-state index in [-0.39, 0.29) is 28.5 Å². The van der Waals surface area contributed by atoms with Gasteiger partial charge in [-0.3, -0.25) is 4.99 Å². The lowest BCUT2D eigenvalue weighted by molar-refractivity contribution is -0.137. The van der Waals surface area contributed by atoms with E-state index < -0.39 is 11.8 Å². The van der Waals surface area contributed by atoms with Gasteiger partial charge in [0, 0.05) is 11.8 Å². The molecule has 0 radical (unpaired) electrons. The number of aliphatic imine (C=N–C) groups is 1. The van der Waals surface area contributed by atoms with Gasteiger partial charge < -0.3 is 9.84 Å². The number of ether oxygens (including phenoxy) is 1. The number of benzene rings is 2. The summed E-state index contributed by atoms with van der Waals surface area (Å²) in [6.45, 7) is 1.79. The van der Waals surface area contributed by atoms with Gasteiger partial charge in [-0.05, 0) is 43.3 Å². The van der Waals surface area contributed by atoms with Crippen molar-refractivity contribution in [3.63, 3.8) is 0 Å². The zero-order valence-corrected chi connectivity index (χ0v) is 13.6. The van der Waals surface area contributed by atoms with Crippen LogP contribution < -0.4 is 0 Å². The minimum atomic E-state index is -0.735. The molecule has 4 nitrogen and oxygen atoms in total. The van der Waals surface area contributed by atoms with Crippen molar-refractivity contribution in [2.24, 2.45) is 4.99 Å². The van der Waals surface area contributed by atoms with Crippen LogP contribution in [0.2, 0.25) is 5.02 Å². The van der Waals surface area contributed by atoms with Crippen molar-refractivity contribution in [2.75, 3.05) is 6.61 Å². The summed E-state index contributed by atoms with van der Waals surface area (Å²) in [6, 6.07) is 11.9. The number of esters is 1. The first-order chi connectivity index (χ1) is 11.5. The normalized spacial score (nSPS) is 12.1. The standard InChI is InChI=1S/C18H15ClFNO3/c1-2-24-18(23)15(11-21-13-9-7-12(20)8-10-13)17(22)14-5-3-4-6-16(14)19/h3-11,22H,2H2,1H3. The van der Waals surface area contributed by atoms with Crippen LogP contribution in [0, 0.1) is 5.82 Å². The molecule has 2 aromatic carbocycles. The van der Waals surface area contributed by atoms with Crippen molar-refractivity contribution in [1.82, 2.24) is 0 Å². The number of aliphatic hydroxyl groups excluding tert-OH is 1. The molecule has 0 aliphatic rings. The van der Waals surface area contributed by atoms with E-state index in [1.165, 1.54) is 30.5 Å². The summed E-state index contributed by atoms with van der Waals surface area (Å²) in [7, 11) is 0. The number of carbonyl (C=O) groups excluding carboxylic acids is 1. The van der Waals surface area contributed by atoms with Gasteiger partial charge >= 0.3 is 5.97 Å². The summed E-state index contributed by atoms with van der Waals surface area (Å²) in [5, 5.41) is 10.7.